The molecule has 1 aliphatic carbocycles. The normalized spacial score (nSPS) is 14.9. The summed E-state index contributed by atoms with van der Waals surface area (Å²) in [5.41, 5.74) is 1.84. The van der Waals surface area contributed by atoms with E-state index in [-0.39, 0.29) is 24.4 Å². The molecule has 2 aromatic heterocycles. The fourth-order valence-corrected chi connectivity index (χ4v) is 5.26. The lowest BCUT2D eigenvalue weighted by Gasteiger charge is -2.31. The van der Waals surface area contributed by atoms with Gasteiger partial charge in [-0.3, -0.25) is 14.5 Å². The number of para-hydroxylation sites is 1. The average Bonchev–Trinajstić information content (AvgIpc) is 3.61. The van der Waals surface area contributed by atoms with Crippen LogP contribution in [0.15, 0.2) is 66.0 Å². The Morgan fingerprint density at radius 2 is 1.85 bits per heavy atom. The number of fused-ring (bicyclic) bond motifs is 1. The summed E-state index contributed by atoms with van der Waals surface area (Å²) in [6, 6.07) is 15.9. The number of carbonyl (C=O) groups is 2. The zero-order chi connectivity index (χ0) is 23.5. The van der Waals surface area contributed by atoms with Crippen LogP contribution >= 0.6 is 11.3 Å². The van der Waals surface area contributed by atoms with Gasteiger partial charge in [-0.1, -0.05) is 36.3 Å². The molecular formula is C25H24FN5O2S. The van der Waals surface area contributed by atoms with E-state index in [1.165, 1.54) is 45.2 Å². The Balaban J connectivity index is 1.53. The number of benzene rings is 2. The highest BCUT2D eigenvalue weighted by atomic mass is 32.1. The Morgan fingerprint density at radius 3 is 2.59 bits per heavy atom. The van der Waals surface area contributed by atoms with Crippen molar-refractivity contribution in [1.82, 2.24) is 20.3 Å². The van der Waals surface area contributed by atoms with E-state index >= 15 is 0 Å². The molecule has 4 aromatic rings. The van der Waals surface area contributed by atoms with Gasteiger partial charge >= 0.3 is 0 Å². The minimum atomic E-state index is -0.881. The van der Waals surface area contributed by atoms with Crippen LogP contribution in [-0.2, 0) is 16.1 Å². The molecule has 174 valence electrons. The number of rotatable bonds is 7. The second kappa shape index (κ2) is 9.72. The van der Waals surface area contributed by atoms with Crippen molar-refractivity contribution in [3.05, 3.63) is 76.7 Å². The van der Waals surface area contributed by atoms with Crippen LogP contribution in [0.2, 0.25) is 0 Å². The summed E-state index contributed by atoms with van der Waals surface area (Å²) < 4.78 is 15.3. The largest absolute Gasteiger partial charge is 0.351 e. The number of anilines is 1. The monoisotopic (exact) mass is 477 g/mol. The maximum absolute atomic E-state index is 13.8. The molecule has 2 heterocycles. The van der Waals surface area contributed by atoms with Crippen LogP contribution in [0.4, 0.5) is 10.1 Å². The molecule has 1 atom stereocenters. The number of carbonyl (C=O) groups excluding carboxylic acids is 2. The number of aromatic nitrogens is 3. The summed E-state index contributed by atoms with van der Waals surface area (Å²) in [7, 11) is 0. The van der Waals surface area contributed by atoms with Crippen LogP contribution in [0.3, 0.4) is 0 Å². The predicted octanol–water partition coefficient (Wildman–Crippen LogP) is 4.47. The van der Waals surface area contributed by atoms with Crippen LogP contribution in [0.25, 0.3) is 11.0 Å². The first kappa shape index (κ1) is 22.2. The van der Waals surface area contributed by atoms with Crippen LogP contribution in [-0.4, -0.2) is 32.9 Å². The molecule has 34 heavy (non-hydrogen) atoms. The maximum Gasteiger partial charge on any atom is 0.249 e. The first-order chi connectivity index (χ1) is 16.6. The van der Waals surface area contributed by atoms with Gasteiger partial charge in [0.2, 0.25) is 11.8 Å². The van der Waals surface area contributed by atoms with E-state index in [4.69, 9.17) is 0 Å². The van der Waals surface area contributed by atoms with E-state index < -0.39 is 11.9 Å². The van der Waals surface area contributed by atoms with E-state index in [2.05, 4.69) is 15.6 Å². The van der Waals surface area contributed by atoms with Gasteiger partial charge in [0.05, 0.1) is 5.52 Å². The molecule has 1 aliphatic rings. The Bertz CT molecular complexity index is 1280. The second-order valence-corrected chi connectivity index (χ2v) is 9.36. The number of amides is 2. The Labute approximate surface area is 200 Å². The SMILES string of the molecule is O=C(NC1CCCC1)[C@@H](c1cccs1)N(C(=O)Cn1nnc2ccccc21)c1ccc(F)cc1. The van der Waals surface area contributed by atoms with E-state index in [0.717, 1.165) is 36.1 Å². The third kappa shape index (κ3) is 4.56. The number of nitrogens with zero attached hydrogens (tertiary/aromatic N) is 4. The third-order valence-corrected chi connectivity index (χ3v) is 7.02. The summed E-state index contributed by atoms with van der Waals surface area (Å²) in [4.78, 5) is 29.6. The molecule has 9 heteroatoms. The molecule has 1 saturated carbocycles. The van der Waals surface area contributed by atoms with E-state index in [1.807, 2.05) is 41.8 Å². The van der Waals surface area contributed by atoms with Crippen LogP contribution in [0.1, 0.15) is 36.6 Å². The van der Waals surface area contributed by atoms with Gasteiger partial charge < -0.3 is 5.32 Å². The summed E-state index contributed by atoms with van der Waals surface area (Å²) in [6.07, 6.45) is 4.01. The number of halogens is 1. The van der Waals surface area contributed by atoms with Crippen molar-refractivity contribution >= 4 is 39.9 Å². The highest BCUT2D eigenvalue weighted by Crippen LogP contribution is 2.32. The second-order valence-electron chi connectivity index (χ2n) is 8.38. The summed E-state index contributed by atoms with van der Waals surface area (Å²) in [6.45, 7) is -0.115. The Morgan fingerprint density at radius 1 is 1.09 bits per heavy atom. The number of hydrogen-bond donors (Lipinski definition) is 1. The fourth-order valence-electron chi connectivity index (χ4n) is 4.45. The van der Waals surface area contributed by atoms with Gasteiger partial charge in [0.25, 0.3) is 0 Å². The van der Waals surface area contributed by atoms with E-state index in [0.29, 0.717) is 11.2 Å². The van der Waals surface area contributed by atoms with Crippen molar-refractivity contribution in [1.29, 1.82) is 0 Å². The molecule has 0 radical (unpaired) electrons. The van der Waals surface area contributed by atoms with Crippen LogP contribution in [0.5, 0.6) is 0 Å². The predicted molar refractivity (Wildman–Crippen MR) is 129 cm³/mol. The number of hydrogen-bond acceptors (Lipinski definition) is 5. The lowest BCUT2D eigenvalue weighted by atomic mass is 10.1. The lowest BCUT2D eigenvalue weighted by molar-refractivity contribution is -0.127. The molecule has 0 spiro atoms. The minimum absolute atomic E-state index is 0.0967. The zero-order valence-corrected chi connectivity index (χ0v) is 19.2. The maximum atomic E-state index is 13.8. The zero-order valence-electron chi connectivity index (χ0n) is 18.4. The standard InChI is InChI=1S/C25H24FN5O2S/c26-17-11-13-19(14-12-17)31(23(32)16-30-21-9-4-3-8-20(21)28-29-30)24(22-10-5-15-34-22)25(33)27-18-6-1-2-7-18/h3-5,8-15,18,24H,1-2,6-7,16H2,(H,27,33)/t24-/m1/s1. The van der Waals surface area contributed by atoms with E-state index in [9.17, 15) is 14.0 Å². The van der Waals surface area contributed by atoms with Crippen molar-refractivity contribution < 1.29 is 14.0 Å². The first-order valence-electron chi connectivity index (χ1n) is 11.3. The lowest BCUT2D eigenvalue weighted by Crippen LogP contribution is -2.47. The van der Waals surface area contributed by atoms with Gasteiger partial charge in [0.1, 0.15) is 23.9 Å². The van der Waals surface area contributed by atoms with Crippen molar-refractivity contribution in [2.24, 2.45) is 0 Å². The minimum Gasteiger partial charge on any atom is -0.351 e. The van der Waals surface area contributed by atoms with Crippen molar-refractivity contribution in [2.45, 2.75) is 44.3 Å². The molecule has 2 amide bonds. The summed E-state index contributed by atoms with van der Waals surface area (Å²) >= 11 is 1.41. The van der Waals surface area contributed by atoms with Gasteiger partial charge in [-0.25, -0.2) is 9.07 Å². The van der Waals surface area contributed by atoms with Gasteiger partial charge in [0, 0.05) is 16.6 Å². The molecule has 0 aliphatic heterocycles. The number of nitrogens with one attached hydrogen (secondary N) is 1. The molecular weight excluding hydrogens is 453 g/mol. The quantitative estimate of drug-likeness (QED) is 0.426. The van der Waals surface area contributed by atoms with Crippen molar-refractivity contribution in [2.75, 3.05) is 4.90 Å². The van der Waals surface area contributed by atoms with Gasteiger partial charge in [-0.15, -0.1) is 16.4 Å². The van der Waals surface area contributed by atoms with Gasteiger partial charge in [-0.2, -0.15) is 0 Å². The molecule has 0 saturated heterocycles. The summed E-state index contributed by atoms with van der Waals surface area (Å²) in [5.74, 6) is -1.00. The van der Waals surface area contributed by atoms with E-state index in [1.54, 1.807) is 0 Å². The topological polar surface area (TPSA) is 80.1 Å². The fraction of sp³-hybridized carbons (Fsp3) is 0.280. The molecule has 0 unspecified atom stereocenters. The van der Waals surface area contributed by atoms with Crippen LogP contribution in [0, 0.1) is 5.82 Å². The summed E-state index contributed by atoms with van der Waals surface area (Å²) in [5, 5.41) is 13.3. The Hall–Kier alpha value is -3.59. The first-order valence-corrected chi connectivity index (χ1v) is 12.2. The Kier molecular flexibility index (Phi) is 6.35. The number of thiophene rings is 1. The molecule has 1 N–H and O–H groups in total. The molecule has 0 bridgehead atoms. The highest BCUT2D eigenvalue weighted by molar-refractivity contribution is 7.10. The molecule has 2 aromatic carbocycles. The van der Waals surface area contributed by atoms with Crippen LogP contribution < -0.4 is 10.2 Å². The molecule has 5 rings (SSSR count). The van der Waals surface area contributed by atoms with Gasteiger partial charge in [-0.05, 0) is 60.7 Å². The van der Waals surface area contributed by atoms with Gasteiger partial charge in [0.15, 0.2) is 0 Å². The molecule has 7 nitrogen and oxygen atoms in total. The highest BCUT2D eigenvalue weighted by Gasteiger charge is 2.35. The molecule has 1 fully saturated rings. The smallest absolute Gasteiger partial charge is 0.249 e. The van der Waals surface area contributed by atoms with Crippen molar-refractivity contribution in [3.63, 3.8) is 0 Å². The average molecular weight is 478 g/mol. The van der Waals surface area contributed by atoms with Crippen molar-refractivity contribution in [3.8, 4) is 0 Å². The third-order valence-electron chi connectivity index (χ3n) is 6.10.